The van der Waals surface area contributed by atoms with E-state index < -0.39 is 0 Å². The smallest absolute Gasteiger partial charge is 0.165 e. The fourth-order valence-corrected chi connectivity index (χ4v) is 2.10. The molecule has 16 heavy (non-hydrogen) atoms. The van der Waals surface area contributed by atoms with Crippen molar-refractivity contribution < 1.29 is 9.94 Å². The molecule has 1 aromatic rings. The maximum Gasteiger partial charge on any atom is 0.165 e. The number of nitrogens with two attached hydrogens (primary N) is 1. The fraction of sp³-hybridized carbons (Fsp3) is 0.417. The van der Waals surface area contributed by atoms with E-state index >= 15 is 0 Å². The summed E-state index contributed by atoms with van der Waals surface area (Å²) >= 11 is 0. The maximum absolute atomic E-state index is 8.44. The van der Waals surface area contributed by atoms with Crippen LogP contribution in [-0.4, -0.2) is 17.6 Å². The van der Waals surface area contributed by atoms with Gasteiger partial charge in [-0.15, -0.1) is 0 Å². The highest BCUT2D eigenvalue weighted by atomic mass is 16.5. The molecule has 0 radical (unpaired) electrons. The van der Waals surface area contributed by atoms with Crippen molar-refractivity contribution in [3.8, 4) is 0 Å². The van der Waals surface area contributed by atoms with Gasteiger partial charge in [0.05, 0.1) is 6.10 Å². The lowest BCUT2D eigenvalue weighted by Gasteiger charge is -2.25. The van der Waals surface area contributed by atoms with Crippen LogP contribution in [0, 0.1) is 0 Å². The van der Waals surface area contributed by atoms with Crippen molar-refractivity contribution in [2.24, 2.45) is 10.9 Å². The lowest BCUT2D eigenvalue weighted by Crippen LogP contribution is -2.22. The van der Waals surface area contributed by atoms with Gasteiger partial charge in [-0.05, 0) is 30.4 Å². The van der Waals surface area contributed by atoms with Gasteiger partial charge in [-0.3, -0.25) is 0 Å². The molecule has 86 valence electrons. The van der Waals surface area contributed by atoms with Crippen molar-refractivity contribution in [1.29, 1.82) is 0 Å². The molecule has 1 aromatic carbocycles. The Balaban J connectivity index is 2.07. The van der Waals surface area contributed by atoms with Gasteiger partial charge in [0.1, 0.15) is 6.61 Å². The van der Waals surface area contributed by atoms with Gasteiger partial charge in [-0.25, -0.2) is 0 Å². The van der Waals surface area contributed by atoms with Crippen LogP contribution in [0.5, 0.6) is 0 Å². The molecule has 4 nitrogen and oxygen atoms in total. The molecule has 0 amide bonds. The number of aryl methyl sites for hydroxylation is 1. The van der Waals surface area contributed by atoms with E-state index in [1.807, 2.05) is 12.1 Å². The summed E-state index contributed by atoms with van der Waals surface area (Å²) in [6.07, 6.45) is 3.30. The van der Waals surface area contributed by atoms with Crippen LogP contribution in [0.15, 0.2) is 29.4 Å². The Kier molecular flexibility index (Phi) is 3.41. The molecule has 1 unspecified atom stereocenters. The minimum Gasteiger partial charge on any atom is -0.409 e. The van der Waals surface area contributed by atoms with Gasteiger partial charge in [0, 0.05) is 0 Å². The van der Waals surface area contributed by atoms with Crippen LogP contribution in [0.3, 0.4) is 0 Å². The highest BCUT2D eigenvalue weighted by Crippen LogP contribution is 2.31. The molecule has 0 heterocycles. The van der Waals surface area contributed by atoms with Crippen LogP contribution in [-0.2, 0) is 11.2 Å². The van der Waals surface area contributed by atoms with Crippen LogP contribution in [0.1, 0.15) is 30.1 Å². The molecular formula is C12H16N2O2. The van der Waals surface area contributed by atoms with Gasteiger partial charge in [0.2, 0.25) is 0 Å². The average molecular weight is 220 g/mol. The zero-order valence-electron chi connectivity index (χ0n) is 9.10. The van der Waals surface area contributed by atoms with Crippen molar-refractivity contribution in [3.05, 3.63) is 35.4 Å². The van der Waals surface area contributed by atoms with Gasteiger partial charge in [0.15, 0.2) is 5.84 Å². The Morgan fingerprint density at radius 3 is 3.12 bits per heavy atom. The van der Waals surface area contributed by atoms with E-state index in [9.17, 15) is 0 Å². The van der Waals surface area contributed by atoms with Gasteiger partial charge in [0.25, 0.3) is 0 Å². The Bertz CT molecular complexity index is 390. The van der Waals surface area contributed by atoms with Crippen molar-refractivity contribution in [1.82, 2.24) is 0 Å². The summed E-state index contributed by atoms with van der Waals surface area (Å²) < 4.78 is 5.65. The minimum absolute atomic E-state index is 0.0743. The van der Waals surface area contributed by atoms with Gasteiger partial charge < -0.3 is 15.7 Å². The number of fused-ring (bicyclic) bond motifs is 1. The molecule has 4 heteroatoms. The normalized spacial score (nSPS) is 20.5. The number of oxime groups is 1. The fourth-order valence-electron chi connectivity index (χ4n) is 2.10. The van der Waals surface area contributed by atoms with E-state index in [0.29, 0.717) is 0 Å². The highest BCUT2D eigenvalue weighted by Gasteiger charge is 2.20. The van der Waals surface area contributed by atoms with Crippen LogP contribution in [0.25, 0.3) is 0 Å². The maximum atomic E-state index is 8.44. The van der Waals surface area contributed by atoms with Crippen LogP contribution in [0.4, 0.5) is 0 Å². The lowest BCUT2D eigenvalue weighted by molar-refractivity contribution is 0.0662. The van der Waals surface area contributed by atoms with E-state index in [-0.39, 0.29) is 18.5 Å². The minimum atomic E-state index is 0.0743. The van der Waals surface area contributed by atoms with Crippen LogP contribution < -0.4 is 5.73 Å². The van der Waals surface area contributed by atoms with Crippen LogP contribution in [0.2, 0.25) is 0 Å². The quantitative estimate of drug-likeness (QED) is 0.353. The molecule has 0 spiro atoms. The summed E-state index contributed by atoms with van der Waals surface area (Å²) in [5.41, 5.74) is 7.97. The summed E-state index contributed by atoms with van der Waals surface area (Å²) in [5, 5.41) is 11.3. The first-order valence-electron chi connectivity index (χ1n) is 5.47. The molecule has 1 atom stereocenters. The van der Waals surface area contributed by atoms with Gasteiger partial charge in [-0.1, -0.05) is 29.4 Å². The molecule has 0 fully saturated rings. The summed E-state index contributed by atoms with van der Waals surface area (Å²) in [5.74, 6) is 0.114. The summed E-state index contributed by atoms with van der Waals surface area (Å²) in [6, 6.07) is 8.29. The number of rotatable bonds is 3. The standard InChI is InChI=1S/C12H16N2O2/c13-12(14-15)8-16-11-7-3-5-9-4-1-2-6-10(9)11/h1-2,4,6,11,15H,3,5,7-8H2,(H2,13,14). The third kappa shape index (κ3) is 2.33. The molecule has 0 saturated carbocycles. The second-order valence-electron chi connectivity index (χ2n) is 3.98. The Labute approximate surface area is 94.7 Å². The number of benzene rings is 1. The van der Waals surface area contributed by atoms with E-state index in [1.54, 1.807) is 0 Å². The third-order valence-electron chi connectivity index (χ3n) is 2.88. The van der Waals surface area contributed by atoms with Crippen molar-refractivity contribution in [3.63, 3.8) is 0 Å². The second kappa shape index (κ2) is 4.99. The van der Waals surface area contributed by atoms with E-state index in [1.165, 1.54) is 11.1 Å². The van der Waals surface area contributed by atoms with Crippen LogP contribution >= 0.6 is 0 Å². The molecule has 1 aliphatic carbocycles. The summed E-state index contributed by atoms with van der Waals surface area (Å²) in [7, 11) is 0. The number of hydrogen-bond donors (Lipinski definition) is 2. The average Bonchev–Trinajstić information content (AvgIpc) is 2.35. The first-order chi connectivity index (χ1) is 7.81. The zero-order valence-corrected chi connectivity index (χ0v) is 9.10. The number of nitrogens with zero attached hydrogens (tertiary/aromatic N) is 1. The van der Waals surface area contributed by atoms with Crippen molar-refractivity contribution in [2.45, 2.75) is 25.4 Å². The summed E-state index contributed by atoms with van der Waals surface area (Å²) in [4.78, 5) is 0. The first kappa shape index (κ1) is 11.0. The third-order valence-corrected chi connectivity index (χ3v) is 2.88. The van der Waals surface area contributed by atoms with Gasteiger partial charge >= 0.3 is 0 Å². The van der Waals surface area contributed by atoms with E-state index in [2.05, 4.69) is 17.3 Å². The number of ether oxygens (including phenoxy) is 1. The van der Waals surface area contributed by atoms with Gasteiger partial charge in [-0.2, -0.15) is 0 Å². The Hall–Kier alpha value is -1.55. The molecule has 2 rings (SSSR count). The molecule has 0 aromatic heterocycles. The zero-order chi connectivity index (χ0) is 11.4. The number of amidine groups is 1. The number of hydrogen-bond acceptors (Lipinski definition) is 3. The summed E-state index contributed by atoms with van der Waals surface area (Å²) in [6.45, 7) is 0.176. The topological polar surface area (TPSA) is 67.8 Å². The predicted molar refractivity (Wildman–Crippen MR) is 61.5 cm³/mol. The Morgan fingerprint density at radius 1 is 1.50 bits per heavy atom. The first-order valence-corrected chi connectivity index (χ1v) is 5.47. The molecule has 0 aliphatic heterocycles. The largest absolute Gasteiger partial charge is 0.409 e. The molecule has 3 N–H and O–H groups in total. The molecule has 0 saturated heterocycles. The lowest BCUT2D eigenvalue weighted by atomic mass is 9.89. The van der Waals surface area contributed by atoms with E-state index in [4.69, 9.17) is 15.7 Å². The Morgan fingerprint density at radius 2 is 2.31 bits per heavy atom. The van der Waals surface area contributed by atoms with E-state index in [0.717, 1.165) is 19.3 Å². The monoisotopic (exact) mass is 220 g/mol. The molecule has 1 aliphatic rings. The van der Waals surface area contributed by atoms with Crippen molar-refractivity contribution >= 4 is 5.84 Å². The predicted octanol–water partition coefficient (Wildman–Crippen LogP) is 1.83. The second-order valence-corrected chi connectivity index (χ2v) is 3.98. The highest BCUT2D eigenvalue weighted by molar-refractivity contribution is 5.80. The molecule has 0 bridgehead atoms. The van der Waals surface area contributed by atoms with Crippen molar-refractivity contribution in [2.75, 3.05) is 6.61 Å². The SMILES string of the molecule is N/C(COC1CCCc2ccccc21)=N\O. The molecular weight excluding hydrogens is 204 g/mol.